The molecule has 0 radical (unpaired) electrons. The van der Waals surface area contributed by atoms with Crippen molar-refractivity contribution in [1.29, 1.82) is 0 Å². The average Bonchev–Trinajstić information content (AvgIpc) is 2.67. The summed E-state index contributed by atoms with van der Waals surface area (Å²) in [6.45, 7) is 3.91. The van der Waals surface area contributed by atoms with Gasteiger partial charge in [-0.15, -0.1) is 6.58 Å². The fourth-order valence-corrected chi connectivity index (χ4v) is 5.30. The van der Waals surface area contributed by atoms with Crippen molar-refractivity contribution in [2.75, 3.05) is 0 Å². The molecule has 0 N–H and O–H groups in total. The van der Waals surface area contributed by atoms with E-state index in [2.05, 4.69) is 91.5 Å². The lowest BCUT2D eigenvalue weighted by Gasteiger charge is -2.24. The Morgan fingerprint density at radius 2 is 1.21 bits per heavy atom. The summed E-state index contributed by atoms with van der Waals surface area (Å²) < 4.78 is 6.72. The van der Waals surface area contributed by atoms with E-state index < -0.39 is 9.04 Å². The van der Waals surface area contributed by atoms with Crippen LogP contribution in [0.15, 0.2) is 104 Å². The third kappa shape index (κ3) is 4.10. The Balaban J connectivity index is 1.94. The molecule has 3 rings (SSSR count). The molecule has 0 aromatic heterocycles. The van der Waals surface area contributed by atoms with Crippen molar-refractivity contribution in [1.82, 2.24) is 0 Å². The minimum atomic E-state index is -1.76. The molecule has 0 heterocycles. The van der Waals surface area contributed by atoms with Gasteiger partial charge >= 0.3 is 0 Å². The molecule has 3 aromatic carbocycles. The van der Waals surface area contributed by atoms with E-state index in [1.165, 1.54) is 15.9 Å². The van der Waals surface area contributed by atoms with Crippen molar-refractivity contribution in [3.8, 4) is 0 Å². The minimum absolute atomic E-state index is 0.0424. The maximum Gasteiger partial charge on any atom is 0.240 e. The summed E-state index contributed by atoms with van der Waals surface area (Å²) >= 11 is 0. The molecule has 0 bridgehead atoms. The molecular formula is C22H22OSi. The zero-order valence-electron chi connectivity index (χ0n) is 13.7. The van der Waals surface area contributed by atoms with Gasteiger partial charge in [-0.25, -0.2) is 0 Å². The molecule has 1 unspecified atom stereocenters. The molecule has 0 saturated heterocycles. The summed E-state index contributed by atoms with van der Waals surface area (Å²) in [5, 5.41) is 2.60. The molecule has 0 saturated carbocycles. The molecular weight excluding hydrogens is 308 g/mol. The van der Waals surface area contributed by atoms with Crippen molar-refractivity contribution in [2.24, 2.45) is 0 Å². The lowest BCUT2D eigenvalue weighted by atomic mass is 10.1. The van der Waals surface area contributed by atoms with E-state index in [0.717, 1.165) is 6.42 Å². The van der Waals surface area contributed by atoms with Crippen LogP contribution in [0.25, 0.3) is 0 Å². The highest BCUT2D eigenvalue weighted by molar-refractivity contribution is 6.80. The fraction of sp³-hybridized carbons (Fsp3) is 0.0909. The second kappa shape index (κ2) is 8.43. The molecule has 120 valence electrons. The molecule has 0 amide bonds. The molecule has 2 heteroatoms. The van der Waals surface area contributed by atoms with E-state index in [1.54, 1.807) is 0 Å². The standard InChI is InChI=1S/C22H22OSi/c1-2-12-22(19-13-6-3-7-14-19)23-24(20-15-8-4-9-16-20)21-17-10-5-11-18-21/h2-11,13-18,22,24H,1,12H2. The largest absolute Gasteiger partial charge is 0.404 e. The first-order valence-electron chi connectivity index (χ1n) is 8.29. The van der Waals surface area contributed by atoms with Crippen LogP contribution < -0.4 is 10.4 Å². The smallest absolute Gasteiger partial charge is 0.240 e. The molecule has 0 aliphatic heterocycles. The van der Waals surface area contributed by atoms with Crippen LogP contribution in [0, 0.1) is 0 Å². The highest BCUT2D eigenvalue weighted by Crippen LogP contribution is 2.22. The van der Waals surface area contributed by atoms with E-state index in [9.17, 15) is 0 Å². The summed E-state index contributed by atoms with van der Waals surface area (Å²) in [5.41, 5.74) is 1.21. The van der Waals surface area contributed by atoms with Crippen LogP contribution in [-0.2, 0) is 4.43 Å². The third-order valence-electron chi connectivity index (χ3n) is 4.06. The normalized spacial score (nSPS) is 12.0. The molecule has 3 aromatic rings. The van der Waals surface area contributed by atoms with Gasteiger partial charge in [0.15, 0.2) is 0 Å². The van der Waals surface area contributed by atoms with Gasteiger partial charge in [0.1, 0.15) is 0 Å². The summed E-state index contributed by atoms with van der Waals surface area (Å²) in [6.07, 6.45) is 2.80. The zero-order chi connectivity index (χ0) is 16.6. The molecule has 1 nitrogen and oxygen atoms in total. The van der Waals surface area contributed by atoms with Gasteiger partial charge in [0.2, 0.25) is 9.04 Å². The van der Waals surface area contributed by atoms with Crippen LogP contribution in [0.2, 0.25) is 0 Å². The Morgan fingerprint density at radius 1 is 0.750 bits per heavy atom. The van der Waals surface area contributed by atoms with Crippen molar-refractivity contribution in [2.45, 2.75) is 12.5 Å². The fourth-order valence-electron chi connectivity index (χ4n) is 2.86. The Kier molecular flexibility index (Phi) is 5.78. The third-order valence-corrected chi connectivity index (χ3v) is 6.64. The second-order valence-corrected chi connectivity index (χ2v) is 8.13. The predicted octanol–water partition coefficient (Wildman–Crippen LogP) is 3.86. The summed E-state index contributed by atoms with van der Waals surface area (Å²) in [4.78, 5) is 0. The molecule has 0 aliphatic rings. The van der Waals surface area contributed by atoms with Crippen LogP contribution in [0.5, 0.6) is 0 Å². The van der Waals surface area contributed by atoms with Crippen molar-refractivity contribution in [3.63, 3.8) is 0 Å². The van der Waals surface area contributed by atoms with Gasteiger partial charge < -0.3 is 4.43 Å². The number of hydrogen-bond acceptors (Lipinski definition) is 1. The molecule has 0 spiro atoms. The van der Waals surface area contributed by atoms with E-state index in [-0.39, 0.29) is 6.10 Å². The van der Waals surface area contributed by atoms with E-state index in [4.69, 9.17) is 4.43 Å². The molecule has 0 aliphatic carbocycles. The zero-order valence-corrected chi connectivity index (χ0v) is 14.9. The first-order valence-corrected chi connectivity index (χ1v) is 9.92. The van der Waals surface area contributed by atoms with E-state index >= 15 is 0 Å². The van der Waals surface area contributed by atoms with Crippen LogP contribution in [0.3, 0.4) is 0 Å². The van der Waals surface area contributed by atoms with Crippen LogP contribution >= 0.6 is 0 Å². The van der Waals surface area contributed by atoms with Gasteiger partial charge in [-0.2, -0.15) is 0 Å². The van der Waals surface area contributed by atoms with Gasteiger partial charge in [-0.1, -0.05) is 97.1 Å². The Morgan fingerprint density at radius 3 is 1.67 bits per heavy atom. The minimum Gasteiger partial charge on any atom is -0.404 e. The predicted molar refractivity (Wildman–Crippen MR) is 104 cm³/mol. The number of benzene rings is 3. The van der Waals surface area contributed by atoms with Gasteiger partial charge in [0.05, 0.1) is 6.10 Å². The second-order valence-electron chi connectivity index (χ2n) is 5.76. The van der Waals surface area contributed by atoms with E-state index in [1.807, 2.05) is 12.1 Å². The Labute approximate surface area is 146 Å². The van der Waals surface area contributed by atoms with Crippen molar-refractivity contribution >= 4 is 19.4 Å². The summed E-state index contributed by atoms with van der Waals surface area (Å²) in [5.74, 6) is 0. The summed E-state index contributed by atoms with van der Waals surface area (Å²) in [7, 11) is -1.76. The number of rotatable bonds is 7. The Hall–Kier alpha value is -2.42. The monoisotopic (exact) mass is 330 g/mol. The topological polar surface area (TPSA) is 9.23 Å². The first kappa shape index (κ1) is 16.4. The van der Waals surface area contributed by atoms with Gasteiger partial charge in [-0.05, 0) is 22.4 Å². The molecule has 24 heavy (non-hydrogen) atoms. The SMILES string of the molecule is C=CCC(O[SiH](c1ccccc1)c1ccccc1)c1ccccc1. The highest BCUT2D eigenvalue weighted by atomic mass is 28.3. The van der Waals surface area contributed by atoms with Crippen LogP contribution in [0.1, 0.15) is 18.1 Å². The van der Waals surface area contributed by atoms with Crippen LogP contribution in [-0.4, -0.2) is 9.04 Å². The highest BCUT2D eigenvalue weighted by Gasteiger charge is 2.22. The maximum atomic E-state index is 6.72. The summed E-state index contributed by atoms with van der Waals surface area (Å²) in [6, 6.07) is 31.6. The van der Waals surface area contributed by atoms with Crippen LogP contribution in [0.4, 0.5) is 0 Å². The average molecular weight is 331 g/mol. The number of hydrogen-bond donors (Lipinski definition) is 0. The molecule has 1 atom stereocenters. The lowest BCUT2D eigenvalue weighted by Crippen LogP contribution is -2.45. The lowest BCUT2D eigenvalue weighted by molar-refractivity contribution is 0.218. The van der Waals surface area contributed by atoms with Crippen molar-refractivity contribution < 1.29 is 4.43 Å². The Bertz CT molecular complexity index is 701. The van der Waals surface area contributed by atoms with Gasteiger partial charge in [0, 0.05) is 0 Å². The van der Waals surface area contributed by atoms with Gasteiger partial charge in [-0.3, -0.25) is 0 Å². The first-order chi connectivity index (χ1) is 11.9. The van der Waals surface area contributed by atoms with Gasteiger partial charge in [0.25, 0.3) is 0 Å². The quantitative estimate of drug-likeness (QED) is 0.472. The van der Waals surface area contributed by atoms with E-state index in [0.29, 0.717) is 0 Å². The molecule has 0 fully saturated rings. The maximum absolute atomic E-state index is 6.72. The van der Waals surface area contributed by atoms with Crippen molar-refractivity contribution in [3.05, 3.63) is 109 Å².